The highest BCUT2D eigenvalue weighted by molar-refractivity contribution is 5.94. The molecular formula is C28H20F4N2O. The van der Waals surface area contributed by atoms with Crippen molar-refractivity contribution in [3.8, 4) is 0 Å². The molecule has 0 aromatic heterocycles. The van der Waals surface area contributed by atoms with Gasteiger partial charge in [0, 0.05) is 11.8 Å². The lowest BCUT2D eigenvalue weighted by Crippen LogP contribution is -2.32. The number of benzene rings is 4. The molecule has 0 bridgehead atoms. The summed E-state index contributed by atoms with van der Waals surface area (Å²) in [5, 5.41) is 2.79. The summed E-state index contributed by atoms with van der Waals surface area (Å²) >= 11 is 0. The Morgan fingerprint density at radius 2 is 1.23 bits per heavy atom. The van der Waals surface area contributed by atoms with Crippen LogP contribution in [0.4, 0.5) is 17.6 Å². The molecule has 35 heavy (non-hydrogen) atoms. The van der Waals surface area contributed by atoms with Crippen molar-refractivity contribution in [2.45, 2.75) is 12.1 Å². The minimum atomic E-state index is -0.965. The summed E-state index contributed by atoms with van der Waals surface area (Å²) in [4.78, 5) is 17.6. The van der Waals surface area contributed by atoms with Crippen LogP contribution < -0.4 is 5.32 Å². The molecule has 1 amide bonds. The number of carbonyl (C=O) groups is 1. The number of halogens is 4. The number of nitrogens with one attached hydrogen (secondary N) is 1. The van der Waals surface area contributed by atoms with Crippen LogP contribution in [0.1, 0.15) is 39.1 Å². The zero-order chi connectivity index (χ0) is 24.8. The van der Waals surface area contributed by atoms with Gasteiger partial charge in [-0.3, -0.25) is 9.79 Å². The molecule has 4 aromatic carbocycles. The lowest BCUT2D eigenvalue weighted by molar-refractivity contribution is 0.0930. The fourth-order valence-electron chi connectivity index (χ4n) is 3.71. The second-order valence-corrected chi connectivity index (χ2v) is 7.85. The van der Waals surface area contributed by atoms with Gasteiger partial charge in [0.15, 0.2) is 0 Å². The van der Waals surface area contributed by atoms with Crippen LogP contribution >= 0.6 is 0 Å². The summed E-state index contributed by atoms with van der Waals surface area (Å²) in [6.07, 6.45) is 1.40. The second-order valence-electron chi connectivity index (χ2n) is 7.85. The predicted octanol–water partition coefficient (Wildman–Crippen LogP) is 6.57. The van der Waals surface area contributed by atoms with Crippen LogP contribution in [0.5, 0.6) is 0 Å². The molecule has 0 spiro atoms. The normalized spacial score (nSPS) is 12.9. The van der Waals surface area contributed by atoms with Crippen LogP contribution in [0, 0.1) is 23.3 Å². The van der Waals surface area contributed by atoms with Crippen molar-refractivity contribution in [3.63, 3.8) is 0 Å². The van der Waals surface area contributed by atoms with Gasteiger partial charge in [-0.1, -0.05) is 42.5 Å². The van der Waals surface area contributed by atoms with Crippen molar-refractivity contribution in [1.82, 2.24) is 5.32 Å². The molecule has 7 heteroatoms. The van der Waals surface area contributed by atoms with Crippen LogP contribution in [0.25, 0.3) is 0 Å². The van der Waals surface area contributed by atoms with E-state index in [0.717, 1.165) is 6.07 Å². The Balaban J connectivity index is 1.80. The molecule has 1 N–H and O–H groups in total. The van der Waals surface area contributed by atoms with Gasteiger partial charge in [-0.05, 0) is 71.3 Å². The molecule has 0 saturated carbocycles. The Morgan fingerprint density at radius 3 is 1.86 bits per heavy atom. The lowest BCUT2D eigenvalue weighted by atomic mass is 9.93. The predicted molar refractivity (Wildman–Crippen MR) is 126 cm³/mol. The molecule has 4 rings (SSSR count). The minimum absolute atomic E-state index is 0.0542. The first-order chi connectivity index (χ1) is 16.9. The van der Waals surface area contributed by atoms with Gasteiger partial charge in [0.1, 0.15) is 23.3 Å². The molecule has 2 atom stereocenters. The monoisotopic (exact) mass is 476 g/mol. The third-order valence-corrected chi connectivity index (χ3v) is 5.32. The quantitative estimate of drug-likeness (QED) is 0.238. The Hall–Kier alpha value is -4.26. The maximum Gasteiger partial charge on any atom is 0.251 e. The number of rotatable bonds is 7. The standard InChI is InChI=1S/C28H20F4N2O/c29-22-9-1-5-18(13-22)17-33-26(19-6-2-10-23(30)14-19)27(20-7-3-11-24(31)15-20)34-28(35)21-8-4-12-25(32)16-21/h1-17,26-27H,(H,34,35)/t26-,27+/m0/s1. The third kappa shape index (κ3) is 6.20. The number of hydrogen-bond donors (Lipinski definition) is 1. The van der Waals surface area contributed by atoms with Gasteiger partial charge in [0.2, 0.25) is 0 Å². The van der Waals surface area contributed by atoms with Crippen molar-refractivity contribution in [1.29, 1.82) is 0 Å². The van der Waals surface area contributed by atoms with Gasteiger partial charge >= 0.3 is 0 Å². The first kappa shape index (κ1) is 23.9. The van der Waals surface area contributed by atoms with E-state index in [9.17, 15) is 22.4 Å². The molecule has 0 aliphatic heterocycles. The van der Waals surface area contributed by atoms with E-state index in [1.165, 1.54) is 79.0 Å². The molecule has 4 aromatic rings. The van der Waals surface area contributed by atoms with E-state index in [-0.39, 0.29) is 5.56 Å². The summed E-state index contributed by atoms with van der Waals surface area (Å²) in [5.41, 5.74) is 1.26. The van der Waals surface area contributed by atoms with Gasteiger partial charge in [-0.2, -0.15) is 0 Å². The van der Waals surface area contributed by atoms with Crippen molar-refractivity contribution >= 4 is 12.1 Å². The molecule has 0 aliphatic rings. The summed E-state index contributed by atoms with van der Waals surface area (Å²) in [5.74, 6) is -2.74. The van der Waals surface area contributed by atoms with E-state index < -0.39 is 41.3 Å². The Bertz CT molecular complexity index is 1370. The highest BCUT2D eigenvalue weighted by atomic mass is 19.1. The average molecular weight is 476 g/mol. The summed E-state index contributed by atoms with van der Waals surface area (Å²) < 4.78 is 55.7. The van der Waals surface area contributed by atoms with Gasteiger partial charge in [0.25, 0.3) is 5.91 Å². The highest BCUT2D eigenvalue weighted by Gasteiger charge is 2.27. The van der Waals surface area contributed by atoms with Gasteiger partial charge in [-0.15, -0.1) is 0 Å². The zero-order valence-corrected chi connectivity index (χ0v) is 18.3. The second kappa shape index (κ2) is 10.8. The third-order valence-electron chi connectivity index (χ3n) is 5.32. The minimum Gasteiger partial charge on any atom is -0.343 e. The highest BCUT2D eigenvalue weighted by Crippen LogP contribution is 2.33. The Kier molecular flexibility index (Phi) is 7.35. The molecular weight excluding hydrogens is 456 g/mol. The molecule has 0 aliphatic carbocycles. The van der Waals surface area contributed by atoms with E-state index in [4.69, 9.17) is 0 Å². The molecule has 0 heterocycles. The van der Waals surface area contributed by atoms with Crippen molar-refractivity contribution < 1.29 is 22.4 Å². The topological polar surface area (TPSA) is 41.5 Å². The van der Waals surface area contributed by atoms with E-state index in [2.05, 4.69) is 10.3 Å². The van der Waals surface area contributed by atoms with Crippen molar-refractivity contribution in [2.24, 2.45) is 4.99 Å². The van der Waals surface area contributed by atoms with E-state index >= 15 is 0 Å². The molecule has 3 nitrogen and oxygen atoms in total. The van der Waals surface area contributed by atoms with Crippen molar-refractivity contribution in [3.05, 3.63) is 143 Å². The first-order valence-electron chi connectivity index (χ1n) is 10.7. The molecule has 0 radical (unpaired) electrons. The van der Waals surface area contributed by atoms with E-state index in [1.807, 2.05) is 0 Å². The van der Waals surface area contributed by atoms with E-state index in [1.54, 1.807) is 18.2 Å². The maximum atomic E-state index is 14.2. The fraction of sp³-hybridized carbons (Fsp3) is 0.0714. The largest absolute Gasteiger partial charge is 0.343 e. The van der Waals surface area contributed by atoms with Gasteiger partial charge < -0.3 is 5.32 Å². The van der Waals surface area contributed by atoms with Crippen LogP contribution in [0.2, 0.25) is 0 Å². The number of amides is 1. The first-order valence-corrected chi connectivity index (χ1v) is 10.7. The number of aliphatic imine (C=N–C) groups is 1. The van der Waals surface area contributed by atoms with Gasteiger partial charge in [0.05, 0.1) is 12.1 Å². The smallest absolute Gasteiger partial charge is 0.251 e. The summed E-state index contributed by atoms with van der Waals surface area (Å²) in [6, 6.07) is 20.1. The average Bonchev–Trinajstić information content (AvgIpc) is 2.83. The fourth-order valence-corrected chi connectivity index (χ4v) is 3.71. The van der Waals surface area contributed by atoms with Gasteiger partial charge in [-0.25, -0.2) is 17.6 Å². The van der Waals surface area contributed by atoms with Crippen LogP contribution in [0.15, 0.2) is 102 Å². The van der Waals surface area contributed by atoms with Crippen LogP contribution in [0.3, 0.4) is 0 Å². The molecule has 176 valence electrons. The summed E-state index contributed by atoms with van der Waals surface area (Å²) in [6.45, 7) is 0. The van der Waals surface area contributed by atoms with E-state index in [0.29, 0.717) is 16.7 Å². The van der Waals surface area contributed by atoms with Crippen LogP contribution in [-0.4, -0.2) is 12.1 Å². The molecule has 0 fully saturated rings. The molecule has 0 unspecified atom stereocenters. The Morgan fingerprint density at radius 1 is 0.686 bits per heavy atom. The van der Waals surface area contributed by atoms with Crippen molar-refractivity contribution in [2.75, 3.05) is 0 Å². The number of carbonyl (C=O) groups excluding carboxylic acids is 1. The molecule has 0 saturated heterocycles. The van der Waals surface area contributed by atoms with Crippen LogP contribution in [-0.2, 0) is 0 Å². The zero-order valence-electron chi connectivity index (χ0n) is 18.3. The SMILES string of the molecule is O=C(N[C@H](c1cccc(F)c1)[C@@H](N=Cc1cccc(F)c1)c1cccc(F)c1)c1cccc(F)c1. The Labute approximate surface area is 199 Å². The lowest BCUT2D eigenvalue weighted by Gasteiger charge is -2.26. The summed E-state index contributed by atoms with van der Waals surface area (Å²) in [7, 11) is 0. The number of nitrogens with zero attached hydrogens (tertiary/aromatic N) is 1. The number of hydrogen-bond acceptors (Lipinski definition) is 2. The maximum absolute atomic E-state index is 14.2.